The number of hydrogen-bond donors (Lipinski definition) is 0. The summed E-state index contributed by atoms with van der Waals surface area (Å²) < 4.78 is 13.0. The Bertz CT molecular complexity index is 898. The second-order valence-corrected chi connectivity index (χ2v) is 7.24. The first-order valence-corrected chi connectivity index (χ1v) is 9.25. The molecule has 1 fully saturated rings. The molecule has 0 bridgehead atoms. The lowest BCUT2D eigenvalue weighted by atomic mass is 9.88. The molecule has 0 N–H and O–H groups in total. The third-order valence-corrected chi connectivity index (χ3v) is 5.63. The van der Waals surface area contributed by atoms with E-state index in [0.29, 0.717) is 37.1 Å². The maximum absolute atomic E-state index is 13.0. The Morgan fingerprint density at radius 1 is 0.963 bits per heavy atom. The summed E-state index contributed by atoms with van der Waals surface area (Å²) in [5.41, 5.74) is 1.98. The van der Waals surface area contributed by atoms with Crippen LogP contribution in [0.5, 0.6) is 0 Å². The highest BCUT2D eigenvalue weighted by Gasteiger charge is 2.37. The minimum Gasteiger partial charge on any atom is -0.342 e. The molecule has 1 heterocycles. The molecule has 2 aliphatic rings. The molecule has 2 aromatic rings. The average molecular weight is 365 g/mol. The molecule has 0 saturated carbocycles. The summed E-state index contributed by atoms with van der Waals surface area (Å²) in [7, 11) is 0. The Hall–Kier alpha value is -2.82. The van der Waals surface area contributed by atoms with E-state index >= 15 is 0 Å². The highest BCUT2D eigenvalue weighted by atomic mass is 19.1. The first-order chi connectivity index (χ1) is 13.0. The molecule has 4 rings (SSSR count). The van der Waals surface area contributed by atoms with Crippen molar-refractivity contribution in [1.82, 2.24) is 4.90 Å². The van der Waals surface area contributed by atoms with Crippen LogP contribution in [0.3, 0.4) is 0 Å². The number of hydrogen-bond acceptors (Lipinski definition) is 3. The molecule has 1 amide bonds. The van der Waals surface area contributed by atoms with Crippen molar-refractivity contribution in [1.29, 1.82) is 0 Å². The predicted molar refractivity (Wildman–Crippen MR) is 98.2 cm³/mol. The van der Waals surface area contributed by atoms with Gasteiger partial charge in [0.15, 0.2) is 11.6 Å². The minimum atomic E-state index is -0.405. The molecule has 1 aliphatic heterocycles. The molecule has 1 saturated heterocycles. The number of carbonyl (C=O) groups excluding carboxylic acids is 3. The molecular weight excluding hydrogens is 345 g/mol. The second-order valence-electron chi connectivity index (χ2n) is 7.24. The van der Waals surface area contributed by atoms with Gasteiger partial charge in [0.25, 0.3) is 0 Å². The number of nitrogens with zero attached hydrogens (tertiary/aromatic N) is 1. The van der Waals surface area contributed by atoms with Crippen LogP contribution < -0.4 is 0 Å². The van der Waals surface area contributed by atoms with Crippen LogP contribution in [0, 0.1) is 11.7 Å². The van der Waals surface area contributed by atoms with Crippen molar-refractivity contribution in [3.63, 3.8) is 0 Å². The van der Waals surface area contributed by atoms with Crippen molar-refractivity contribution >= 4 is 17.5 Å². The summed E-state index contributed by atoms with van der Waals surface area (Å²) in [4.78, 5) is 39.4. The Morgan fingerprint density at radius 2 is 1.63 bits per heavy atom. The highest BCUT2D eigenvalue weighted by molar-refractivity contribution is 6.06. The van der Waals surface area contributed by atoms with Crippen LogP contribution in [0.25, 0.3) is 0 Å². The molecule has 27 heavy (non-hydrogen) atoms. The van der Waals surface area contributed by atoms with Crippen molar-refractivity contribution in [2.45, 2.75) is 25.2 Å². The lowest BCUT2D eigenvalue weighted by Crippen LogP contribution is -2.42. The number of ketones is 2. The van der Waals surface area contributed by atoms with Crippen LogP contribution >= 0.6 is 0 Å². The van der Waals surface area contributed by atoms with E-state index in [1.807, 2.05) is 18.2 Å². The van der Waals surface area contributed by atoms with Gasteiger partial charge in [0.05, 0.1) is 5.92 Å². The maximum Gasteiger partial charge on any atom is 0.230 e. The fraction of sp³-hybridized carbons (Fsp3) is 0.318. The molecule has 0 aromatic heterocycles. The van der Waals surface area contributed by atoms with Crippen molar-refractivity contribution in [2.75, 3.05) is 13.1 Å². The van der Waals surface area contributed by atoms with E-state index in [1.165, 1.54) is 24.3 Å². The van der Waals surface area contributed by atoms with Gasteiger partial charge in [-0.1, -0.05) is 24.3 Å². The predicted octanol–water partition coefficient (Wildman–Crippen LogP) is 3.62. The van der Waals surface area contributed by atoms with Gasteiger partial charge in [-0.15, -0.1) is 0 Å². The minimum absolute atomic E-state index is 0.00323. The van der Waals surface area contributed by atoms with E-state index in [4.69, 9.17) is 0 Å². The van der Waals surface area contributed by atoms with Crippen LogP contribution in [0.2, 0.25) is 0 Å². The van der Waals surface area contributed by atoms with Gasteiger partial charge in [-0.3, -0.25) is 14.4 Å². The summed E-state index contributed by atoms with van der Waals surface area (Å²) in [6.45, 7) is 1.01. The van der Waals surface area contributed by atoms with Gasteiger partial charge in [-0.05, 0) is 42.7 Å². The standard InChI is InChI=1S/C22H20FNO3/c23-16-7-5-14(6-8-16)21(26)15-9-11-24(12-10-15)22(27)19-13-20(25)18-4-2-1-3-17(18)19/h1-8,15,19H,9-13H2. The fourth-order valence-corrected chi connectivity index (χ4v) is 4.11. The van der Waals surface area contributed by atoms with Crippen LogP contribution in [0.15, 0.2) is 48.5 Å². The van der Waals surface area contributed by atoms with Gasteiger partial charge in [-0.2, -0.15) is 0 Å². The van der Waals surface area contributed by atoms with E-state index < -0.39 is 5.92 Å². The SMILES string of the molecule is O=C1CC(C(=O)N2CCC(C(=O)c3ccc(F)cc3)CC2)c2ccccc21. The Morgan fingerprint density at radius 3 is 2.33 bits per heavy atom. The number of carbonyl (C=O) groups is 3. The van der Waals surface area contributed by atoms with E-state index in [2.05, 4.69) is 0 Å². The third kappa shape index (κ3) is 3.29. The van der Waals surface area contributed by atoms with Crippen LogP contribution in [0.4, 0.5) is 4.39 Å². The van der Waals surface area contributed by atoms with Crippen molar-refractivity contribution in [3.8, 4) is 0 Å². The Labute approximate surface area is 157 Å². The smallest absolute Gasteiger partial charge is 0.230 e. The van der Waals surface area contributed by atoms with Crippen molar-refractivity contribution in [3.05, 3.63) is 71.0 Å². The summed E-state index contributed by atoms with van der Waals surface area (Å²) in [5.74, 6) is -0.928. The number of halogens is 1. The summed E-state index contributed by atoms with van der Waals surface area (Å²) in [6, 6.07) is 12.9. The second kappa shape index (κ2) is 7.06. The molecule has 1 aliphatic carbocycles. The number of Topliss-reactive ketones (excluding diaryl/α,β-unsaturated/α-hetero) is 2. The molecule has 2 aromatic carbocycles. The zero-order valence-corrected chi connectivity index (χ0v) is 14.9. The molecule has 4 nitrogen and oxygen atoms in total. The largest absolute Gasteiger partial charge is 0.342 e. The van der Waals surface area contributed by atoms with Gasteiger partial charge in [-0.25, -0.2) is 4.39 Å². The molecule has 1 unspecified atom stereocenters. The van der Waals surface area contributed by atoms with E-state index in [0.717, 1.165) is 5.56 Å². The van der Waals surface area contributed by atoms with Crippen molar-refractivity contribution < 1.29 is 18.8 Å². The van der Waals surface area contributed by atoms with E-state index in [1.54, 1.807) is 11.0 Å². The third-order valence-electron chi connectivity index (χ3n) is 5.63. The van der Waals surface area contributed by atoms with Crippen molar-refractivity contribution in [2.24, 2.45) is 5.92 Å². The number of benzene rings is 2. The van der Waals surface area contributed by atoms with E-state index in [9.17, 15) is 18.8 Å². The van der Waals surface area contributed by atoms with Crippen LogP contribution in [0.1, 0.15) is 51.5 Å². The summed E-state index contributed by atoms with van der Waals surface area (Å²) in [6.07, 6.45) is 1.40. The Kier molecular flexibility index (Phi) is 4.60. The fourth-order valence-electron chi connectivity index (χ4n) is 4.11. The quantitative estimate of drug-likeness (QED) is 0.781. The van der Waals surface area contributed by atoms with Crippen LogP contribution in [-0.2, 0) is 4.79 Å². The van der Waals surface area contributed by atoms with Gasteiger partial charge < -0.3 is 4.90 Å². The Balaban J connectivity index is 1.41. The number of fused-ring (bicyclic) bond motifs is 1. The maximum atomic E-state index is 13.0. The first kappa shape index (κ1) is 17.6. The zero-order valence-electron chi connectivity index (χ0n) is 14.9. The van der Waals surface area contributed by atoms with Gasteiger partial charge in [0.2, 0.25) is 5.91 Å². The average Bonchev–Trinajstić information content (AvgIpc) is 3.05. The van der Waals surface area contributed by atoms with Gasteiger partial charge in [0, 0.05) is 36.6 Å². The zero-order chi connectivity index (χ0) is 19.0. The lowest BCUT2D eigenvalue weighted by Gasteiger charge is -2.33. The normalized spacial score (nSPS) is 19.8. The molecule has 0 spiro atoms. The van der Waals surface area contributed by atoms with E-state index in [-0.39, 0.29) is 35.6 Å². The highest BCUT2D eigenvalue weighted by Crippen LogP contribution is 2.35. The summed E-state index contributed by atoms with van der Waals surface area (Å²) in [5, 5.41) is 0. The van der Waals surface area contributed by atoms with Gasteiger partial charge >= 0.3 is 0 Å². The summed E-state index contributed by atoms with van der Waals surface area (Å²) >= 11 is 0. The molecular formula is C22H20FNO3. The lowest BCUT2D eigenvalue weighted by molar-refractivity contribution is -0.133. The monoisotopic (exact) mass is 365 g/mol. The first-order valence-electron chi connectivity index (χ1n) is 9.25. The number of amides is 1. The number of likely N-dealkylation sites (tertiary alicyclic amines) is 1. The number of piperidine rings is 1. The number of rotatable bonds is 3. The topological polar surface area (TPSA) is 54.5 Å². The molecule has 138 valence electrons. The van der Waals surface area contributed by atoms with Crippen LogP contribution in [-0.4, -0.2) is 35.5 Å². The molecule has 1 atom stereocenters. The molecule has 0 radical (unpaired) electrons. The van der Waals surface area contributed by atoms with Gasteiger partial charge in [0.1, 0.15) is 5.82 Å². The molecule has 5 heteroatoms.